The molecule has 0 unspecified atom stereocenters. The topological polar surface area (TPSA) is 118 Å². The Bertz CT molecular complexity index is 1140. The number of aromatic nitrogens is 1. The van der Waals surface area contributed by atoms with Crippen LogP contribution in [0.2, 0.25) is 0 Å². The van der Waals surface area contributed by atoms with Crippen molar-refractivity contribution in [3.05, 3.63) is 48.0 Å². The van der Waals surface area contributed by atoms with Gasteiger partial charge < -0.3 is 30.2 Å². The van der Waals surface area contributed by atoms with Gasteiger partial charge in [-0.15, -0.1) is 0 Å². The Hall–Kier alpha value is -4.19. The summed E-state index contributed by atoms with van der Waals surface area (Å²) in [6, 6.07) is 14.3. The number of nitrogens with zero attached hydrogens (tertiary/aromatic N) is 2. The predicted molar refractivity (Wildman–Crippen MR) is 116 cm³/mol. The predicted octanol–water partition coefficient (Wildman–Crippen LogP) is 3.47. The molecule has 0 radical (unpaired) electrons. The highest BCUT2D eigenvalue weighted by atomic mass is 16.7. The van der Waals surface area contributed by atoms with E-state index >= 15 is 0 Å². The van der Waals surface area contributed by atoms with Gasteiger partial charge in [0.15, 0.2) is 11.5 Å². The Morgan fingerprint density at radius 2 is 1.94 bits per heavy atom. The number of benzene rings is 2. The summed E-state index contributed by atoms with van der Waals surface area (Å²) in [5, 5.41) is 18.9. The number of nitrogens with one attached hydrogen (secondary N) is 3. The number of anilines is 2. The summed E-state index contributed by atoms with van der Waals surface area (Å²) in [5.74, 6) is 2.46. The molecular weight excluding hydrogens is 398 g/mol. The summed E-state index contributed by atoms with van der Waals surface area (Å²) in [6.45, 7) is 3.41. The molecule has 0 spiro atoms. The van der Waals surface area contributed by atoms with Gasteiger partial charge in [0.1, 0.15) is 17.6 Å². The van der Waals surface area contributed by atoms with Gasteiger partial charge in [0.25, 0.3) is 0 Å². The lowest BCUT2D eigenvalue weighted by molar-refractivity contribution is 0.174. The molecular formula is C22H21N5O4. The minimum absolute atomic E-state index is 0.173. The van der Waals surface area contributed by atoms with E-state index in [1.165, 1.54) is 0 Å². The largest absolute Gasteiger partial charge is 0.494 e. The molecule has 2 amide bonds. The van der Waals surface area contributed by atoms with Crippen molar-refractivity contribution in [2.75, 3.05) is 37.1 Å². The molecule has 0 saturated heterocycles. The molecule has 4 rings (SSSR count). The van der Waals surface area contributed by atoms with Gasteiger partial charge in [0.2, 0.25) is 6.79 Å². The molecule has 3 N–H and O–H groups in total. The Labute approximate surface area is 178 Å². The standard InChI is InChI=1S/C22H21N5O4/c1-2-29-17-5-3-16(4-6-17)26-22(28)25-8-7-24-21-15(12-23)9-14-10-19-20(31-13-30-19)11-18(14)27-21/h3-6,9-11H,2,7-8,13H2,1H3,(H,24,27)(H2,25,26,28). The Morgan fingerprint density at radius 3 is 2.68 bits per heavy atom. The minimum Gasteiger partial charge on any atom is -0.494 e. The van der Waals surface area contributed by atoms with E-state index in [0.717, 1.165) is 11.1 Å². The van der Waals surface area contributed by atoms with Crippen LogP contribution in [0.15, 0.2) is 42.5 Å². The highest BCUT2D eigenvalue weighted by Crippen LogP contribution is 2.36. The van der Waals surface area contributed by atoms with Crippen LogP contribution >= 0.6 is 0 Å². The summed E-state index contributed by atoms with van der Waals surface area (Å²) in [6.07, 6.45) is 0. The van der Waals surface area contributed by atoms with Gasteiger partial charge in [-0.2, -0.15) is 5.26 Å². The van der Waals surface area contributed by atoms with E-state index in [0.29, 0.717) is 53.8 Å². The van der Waals surface area contributed by atoms with Crippen LogP contribution < -0.4 is 30.2 Å². The van der Waals surface area contributed by atoms with Crippen LogP contribution in [0.5, 0.6) is 17.2 Å². The average Bonchev–Trinajstić information content (AvgIpc) is 3.23. The van der Waals surface area contributed by atoms with E-state index in [-0.39, 0.29) is 12.8 Å². The van der Waals surface area contributed by atoms with Crippen LogP contribution in [0.25, 0.3) is 10.9 Å². The van der Waals surface area contributed by atoms with Gasteiger partial charge in [-0.3, -0.25) is 0 Å². The zero-order valence-corrected chi connectivity index (χ0v) is 16.9. The lowest BCUT2D eigenvalue weighted by Crippen LogP contribution is -2.32. The lowest BCUT2D eigenvalue weighted by Gasteiger charge is -2.11. The van der Waals surface area contributed by atoms with Gasteiger partial charge in [0.05, 0.1) is 17.7 Å². The van der Waals surface area contributed by atoms with E-state index < -0.39 is 0 Å². The normalized spacial score (nSPS) is 11.6. The maximum atomic E-state index is 12.1. The third-order valence-corrected chi connectivity index (χ3v) is 4.56. The van der Waals surface area contributed by atoms with Crippen LogP contribution in [0, 0.1) is 11.3 Å². The number of pyridine rings is 1. The molecule has 0 saturated carbocycles. The SMILES string of the molecule is CCOc1ccc(NC(=O)NCCNc2nc3cc4c(cc3cc2C#N)OCO4)cc1. The molecule has 9 heteroatoms. The minimum atomic E-state index is -0.328. The first kappa shape index (κ1) is 20.1. The van der Waals surface area contributed by atoms with Gasteiger partial charge in [0, 0.05) is 30.2 Å². The molecule has 158 valence electrons. The van der Waals surface area contributed by atoms with Crippen molar-refractivity contribution >= 4 is 28.4 Å². The van der Waals surface area contributed by atoms with Crippen LogP contribution in [-0.4, -0.2) is 37.5 Å². The number of carbonyl (C=O) groups is 1. The van der Waals surface area contributed by atoms with Gasteiger partial charge >= 0.3 is 6.03 Å². The number of rotatable bonds is 7. The highest BCUT2D eigenvalue weighted by molar-refractivity contribution is 5.89. The van der Waals surface area contributed by atoms with E-state index in [1.54, 1.807) is 36.4 Å². The summed E-state index contributed by atoms with van der Waals surface area (Å²) >= 11 is 0. The number of carbonyl (C=O) groups excluding carboxylic acids is 1. The number of nitriles is 1. The number of hydrogen-bond acceptors (Lipinski definition) is 7. The first-order valence-corrected chi connectivity index (χ1v) is 9.82. The van der Waals surface area contributed by atoms with Crippen LogP contribution in [0.4, 0.5) is 16.3 Å². The fourth-order valence-electron chi connectivity index (χ4n) is 3.12. The molecule has 31 heavy (non-hydrogen) atoms. The average molecular weight is 419 g/mol. The molecule has 3 aromatic rings. The monoisotopic (exact) mass is 419 g/mol. The van der Waals surface area contributed by atoms with E-state index in [2.05, 4.69) is 27.0 Å². The van der Waals surface area contributed by atoms with Gasteiger partial charge in [-0.1, -0.05) is 0 Å². The zero-order valence-electron chi connectivity index (χ0n) is 16.9. The Morgan fingerprint density at radius 1 is 1.16 bits per heavy atom. The smallest absolute Gasteiger partial charge is 0.319 e. The second-order valence-electron chi connectivity index (χ2n) is 6.66. The summed E-state index contributed by atoms with van der Waals surface area (Å²) in [7, 11) is 0. The van der Waals surface area contributed by atoms with E-state index in [4.69, 9.17) is 14.2 Å². The molecule has 0 aliphatic carbocycles. The third kappa shape index (κ3) is 4.70. The molecule has 1 aliphatic rings. The van der Waals surface area contributed by atoms with E-state index in [1.807, 2.05) is 13.0 Å². The number of urea groups is 1. The number of amides is 2. The van der Waals surface area contributed by atoms with Crippen molar-refractivity contribution in [1.29, 1.82) is 5.26 Å². The molecule has 1 aromatic heterocycles. The summed E-state index contributed by atoms with van der Waals surface area (Å²) in [4.78, 5) is 16.6. The Kier molecular flexibility index (Phi) is 5.89. The van der Waals surface area contributed by atoms with Crippen molar-refractivity contribution in [2.24, 2.45) is 0 Å². The van der Waals surface area contributed by atoms with Crippen LogP contribution in [0.3, 0.4) is 0 Å². The molecule has 1 aliphatic heterocycles. The molecule has 2 heterocycles. The maximum absolute atomic E-state index is 12.1. The first-order chi connectivity index (χ1) is 15.2. The lowest BCUT2D eigenvalue weighted by atomic mass is 10.1. The van der Waals surface area contributed by atoms with Crippen molar-refractivity contribution in [3.8, 4) is 23.3 Å². The fraction of sp³-hybridized carbons (Fsp3) is 0.227. The second kappa shape index (κ2) is 9.09. The molecule has 2 aromatic carbocycles. The van der Waals surface area contributed by atoms with E-state index in [9.17, 15) is 10.1 Å². The molecule has 0 bridgehead atoms. The maximum Gasteiger partial charge on any atom is 0.319 e. The van der Waals surface area contributed by atoms with Gasteiger partial charge in [-0.05, 0) is 43.3 Å². The highest BCUT2D eigenvalue weighted by Gasteiger charge is 2.16. The zero-order chi connectivity index (χ0) is 21.6. The quantitative estimate of drug-likeness (QED) is 0.502. The Balaban J connectivity index is 1.32. The molecule has 0 fully saturated rings. The number of ether oxygens (including phenoxy) is 3. The summed E-state index contributed by atoms with van der Waals surface area (Å²) in [5.41, 5.74) is 1.76. The van der Waals surface area contributed by atoms with Crippen LogP contribution in [0.1, 0.15) is 12.5 Å². The number of hydrogen-bond donors (Lipinski definition) is 3. The molecule has 9 nitrogen and oxygen atoms in total. The first-order valence-electron chi connectivity index (χ1n) is 9.82. The van der Waals surface area contributed by atoms with Crippen LogP contribution in [-0.2, 0) is 0 Å². The third-order valence-electron chi connectivity index (χ3n) is 4.56. The van der Waals surface area contributed by atoms with Crippen molar-refractivity contribution in [3.63, 3.8) is 0 Å². The summed E-state index contributed by atoms with van der Waals surface area (Å²) < 4.78 is 16.1. The van der Waals surface area contributed by atoms with Crippen molar-refractivity contribution < 1.29 is 19.0 Å². The number of fused-ring (bicyclic) bond motifs is 2. The second-order valence-corrected chi connectivity index (χ2v) is 6.66. The van der Waals surface area contributed by atoms with Crippen molar-refractivity contribution in [1.82, 2.24) is 10.3 Å². The van der Waals surface area contributed by atoms with Crippen molar-refractivity contribution in [2.45, 2.75) is 6.92 Å². The fourth-order valence-corrected chi connectivity index (χ4v) is 3.12. The molecule has 0 atom stereocenters. The van der Waals surface area contributed by atoms with Gasteiger partial charge in [-0.25, -0.2) is 9.78 Å².